The standard InChI is InChI=1S/C12H18N2/c1-13-12-7-4-5-10(12)9-11-6-2-3-8-14-11/h2-3,6,8,10,12-13H,4-5,7,9H2,1H3. The smallest absolute Gasteiger partial charge is 0.0406 e. The van der Waals surface area contributed by atoms with Gasteiger partial charge in [-0.2, -0.15) is 0 Å². The third-order valence-corrected chi connectivity index (χ3v) is 3.23. The van der Waals surface area contributed by atoms with Crippen LogP contribution in [0.25, 0.3) is 0 Å². The van der Waals surface area contributed by atoms with Crippen molar-refractivity contribution in [1.82, 2.24) is 10.3 Å². The number of rotatable bonds is 3. The number of nitrogens with zero attached hydrogens (tertiary/aromatic N) is 1. The minimum absolute atomic E-state index is 0.706. The number of pyridine rings is 1. The van der Waals surface area contributed by atoms with E-state index in [1.807, 2.05) is 12.3 Å². The van der Waals surface area contributed by atoms with E-state index in [1.165, 1.54) is 25.0 Å². The molecule has 1 aromatic heterocycles. The summed E-state index contributed by atoms with van der Waals surface area (Å²) >= 11 is 0. The first kappa shape index (κ1) is 9.66. The van der Waals surface area contributed by atoms with Crippen LogP contribution in [0.4, 0.5) is 0 Å². The highest BCUT2D eigenvalue weighted by molar-refractivity contribution is 5.05. The Labute approximate surface area is 85.7 Å². The van der Waals surface area contributed by atoms with E-state index in [2.05, 4.69) is 29.5 Å². The maximum atomic E-state index is 4.38. The second-order valence-corrected chi connectivity index (χ2v) is 4.11. The van der Waals surface area contributed by atoms with Gasteiger partial charge in [0.1, 0.15) is 0 Å². The Balaban J connectivity index is 1.97. The molecule has 0 aromatic carbocycles. The highest BCUT2D eigenvalue weighted by atomic mass is 14.9. The minimum Gasteiger partial charge on any atom is -0.317 e. The average molecular weight is 190 g/mol. The van der Waals surface area contributed by atoms with Gasteiger partial charge in [0.25, 0.3) is 0 Å². The van der Waals surface area contributed by atoms with E-state index in [9.17, 15) is 0 Å². The van der Waals surface area contributed by atoms with Gasteiger partial charge >= 0.3 is 0 Å². The van der Waals surface area contributed by atoms with Crippen LogP contribution in [0.2, 0.25) is 0 Å². The Morgan fingerprint density at radius 3 is 3.07 bits per heavy atom. The summed E-state index contributed by atoms with van der Waals surface area (Å²) in [5, 5.41) is 3.41. The molecule has 1 aromatic rings. The molecule has 76 valence electrons. The zero-order chi connectivity index (χ0) is 9.80. The molecule has 2 heteroatoms. The first-order chi connectivity index (χ1) is 6.90. The SMILES string of the molecule is CNC1CCCC1Cc1ccccn1. The quantitative estimate of drug-likeness (QED) is 0.788. The maximum Gasteiger partial charge on any atom is 0.0406 e. The van der Waals surface area contributed by atoms with Crippen molar-refractivity contribution in [2.45, 2.75) is 31.7 Å². The molecular weight excluding hydrogens is 172 g/mol. The fourth-order valence-corrected chi connectivity index (χ4v) is 2.45. The third-order valence-electron chi connectivity index (χ3n) is 3.23. The lowest BCUT2D eigenvalue weighted by Gasteiger charge is -2.18. The van der Waals surface area contributed by atoms with Crippen molar-refractivity contribution >= 4 is 0 Å². The van der Waals surface area contributed by atoms with Crippen LogP contribution in [0.5, 0.6) is 0 Å². The van der Waals surface area contributed by atoms with Crippen LogP contribution in [-0.2, 0) is 6.42 Å². The molecule has 1 saturated carbocycles. The third kappa shape index (κ3) is 2.13. The first-order valence-corrected chi connectivity index (χ1v) is 5.47. The lowest BCUT2D eigenvalue weighted by atomic mass is 9.97. The van der Waals surface area contributed by atoms with E-state index in [-0.39, 0.29) is 0 Å². The summed E-state index contributed by atoms with van der Waals surface area (Å²) in [6, 6.07) is 6.89. The Bertz CT molecular complexity index is 271. The molecule has 2 rings (SSSR count). The fraction of sp³-hybridized carbons (Fsp3) is 0.583. The molecule has 0 radical (unpaired) electrons. The normalized spacial score (nSPS) is 26.6. The summed E-state index contributed by atoms with van der Waals surface area (Å²) in [5.74, 6) is 0.787. The lowest BCUT2D eigenvalue weighted by molar-refractivity contribution is 0.420. The second-order valence-electron chi connectivity index (χ2n) is 4.11. The molecule has 1 N–H and O–H groups in total. The molecular formula is C12H18N2. The predicted molar refractivity (Wildman–Crippen MR) is 58.1 cm³/mol. The molecule has 14 heavy (non-hydrogen) atoms. The molecule has 0 aliphatic heterocycles. The summed E-state index contributed by atoms with van der Waals surface area (Å²) < 4.78 is 0. The van der Waals surface area contributed by atoms with Gasteiger partial charge in [-0.1, -0.05) is 12.5 Å². The summed E-state index contributed by atoms with van der Waals surface area (Å²) in [5.41, 5.74) is 1.24. The summed E-state index contributed by atoms with van der Waals surface area (Å²) in [4.78, 5) is 4.38. The Hall–Kier alpha value is -0.890. The van der Waals surface area contributed by atoms with Gasteiger partial charge in [0, 0.05) is 17.9 Å². The topological polar surface area (TPSA) is 24.9 Å². The molecule has 2 nitrogen and oxygen atoms in total. The van der Waals surface area contributed by atoms with Crippen molar-refractivity contribution in [3.63, 3.8) is 0 Å². The second kappa shape index (κ2) is 4.56. The summed E-state index contributed by atoms with van der Waals surface area (Å²) in [7, 11) is 2.07. The van der Waals surface area contributed by atoms with E-state index in [0.717, 1.165) is 12.3 Å². The number of aromatic nitrogens is 1. The molecule has 0 amide bonds. The highest BCUT2D eigenvalue weighted by Crippen LogP contribution is 2.27. The van der Waals surface area contributed by atoms with E-state index < -0.39 is 0 Å². The van der Waals surface area contributed by atoms with Crippen LogP contribution in [0.15, 0.2) is 24.4 Å². The largest absolute Gasteiger partial charge is 0.317 e. The van der Waals surface area contributed by atoms with Gasteiger partial charge in [-0.25, -0.2) is 0 Å². The van der Waals surface area contributed by atoms with Crippen LogP contribution in [-0.4, -0.2) is 18.1 Å². The van der Waals surface area contributed by atoms with Gasteiger partial charge in [-0.05, 0) is 44.4 Å². The highest BCUT2D eigenvalue weighted by Gasteiger charge is 2.25. The van der Waals surface area contributed by atoms with E-state index in [1.54, 1.807) is 0 Å². The van der Waals surface area contributed by atoms with Gasteiger partial charge in [0.05, 0.1) is 0 Å². The Kier molecular flexibility index (Phi) is 3.14. The zero-order valence-corrected chi connectivity index (χ0v) is 8.74. The predicted octanol–water partition coefficient (Wildman–Crippen LogP) is 2.01. The molecule has 2 atom stereocenters. The molecule has 1 fully saturated rings. The number of hydrogen-bond donors (Lipinski definition) is 1. The van der Waals surface area contributed by atoms with Crippen LogP contribution in [0, 0.1) is 5.92 Å². The summed E-state index contributed by atoms with van der Waals surface area (Å²) in [6.07, 6.45) is 7.06. The molecule has 0 spiro atoms. The van der Waals surface area contributed by atoms with Gasteiger partial charge in [0.2, 0.25) is 0 Å². The lowest BCUT2D eigenvalue weighted by Crippen LogP contribution is -2.30. The fourth-order valence-electron chi connectivity index (χ4n) is 2.45. The number of hydrogen-bond acceptors (Lipinski definition) is 2. The zero-order valence-electron chi connectivity index (χ0n) is 8.74. The molecule has 2 unspecified atom stereocenters. The van der Waals surface area contributed by atoms with Gasteiger partial charge in [-0.15, -0.1) is 0 Å². The molecule has 1 aliphatic rings. The number of nitrogens with one attached hydrogen (secondary N) is 1. The van der Waals surface area contributed by atoms with Crippen LogP contribution in [0.3, 0.4) is 0 Å². The van der Waals surface area contributed by atoms with Crippen molar-refractivity contribution in [3.05, 3.63) is 30.1 Å². The van der Waals surface area contributed by atoms with Gasteiger partial charge in [0.15, 0.2) is 0 Å². The van der Waals surface area contributed by atoms with E-state index in [4.69, 9.17) is 0 Å². The van der Waals surface area contributed by atoms with Crippen molar-refractivity contribution < 1.29 is 0 Å². The van der Waals surface area contributed by atoms with Crippen molar-refractivity contribution in [3.8, 4) is 0 Å². The molecule has 1 aliphatic carbocycles. The average Bonchev–Trinajstić information content (AvgIpc) is 2.67. The first-order valence-electron chi connectivity index (χ1n) is 5.47. The van der Waals surface area contributed by atoms with E-state index >= 15 is 0 Å². The Morgan fingerprint density at radius 1 is 1.43 bits per heavy atom. The van der Waals surface area contributed by atoms with Gasteiger partial charge < -0.3 is 5.32 Å². The molecule has 0 saturated heterocycles. The summed E-state index contributed by atoms with van der Waals surface area (Å²) in [6.45, 7) is 0. The van der Waals surface area contributed by atoms with Crippen LogP contribution < -0.4 is 5.32 Å². The maximum absolute atomic E-state index is 4.38. The van der Waals surface area contributed by atoms with Crippen LogP contribution >= 0.6 is 0 Å². The van der Waals surface area contributed by atoms with Crippen molar-refractivity contribution in [2.75, 3.05) is 7.05 Å². The Morgan fingerprint density at radius 2 is 2.36 bits per heavy atom. The van der Waals surface area contributed by atoms with Gasteiger partial charge in [-0.3, -0.25) is 4.98 Å². The van der Waals surface area contributed by atoms with Crippen LogP contribution in [0.1, 0.15) is 25.0 Å². The van der Waals surface area contributed by atoms with E-state index in [0.29, 0.717) is 6.04 Å². The monoisotopic (exact) mass is 190 g/mol. The minimum atomic E-state index is 0.706. The van der Waals surface area contributed by atoms with Crippen molar-refractivity contribution in [2.24, 2.45) is 5.92 Å². The molecule has 0 bridgehead atoms. The van der Waals surface area contributed by atoms with Crippen molar-refractivity contribution in [1.29, 1.82) is 0 Å². The molecule has 1 heterocycles.